The normalized spacial score (nSPS) is 21.6. The molecule has 1 unspecified atom stereocenters. The molecule has 0 bridgehead atoms. The third-order valence-corrected chi connectivity index (χ3v) is 5.98. The van der Waals surface area contributed by atoms with Gasteiger partial charge < -0.3 is 16.0 Å². The minimum absolute atomic E-state index is 0.128. The van der Waals surface area contributed by atoms with E-state index >= 15 is 0 Å². The van der Waals surface area contributed by atoms with Crippen molar-refractivity contribution in [1.29, 1.82) is 0 Å². The van der Waals surface area contributed by atoms with Crippen LogP contribution in [0.25, 0.3) is 10.2 Å². The Bertz CT molecular complexity index is 810. The molecule has 6 nitrogen and oxygen atoms in total. The first kappa shape index (κ1) is 15.5. The first-order valence-corrected chi connectivity index (χ1v) is 9.07. The highest BCUT2D eigenvalue weighted by Crippen LogP contribution is 2.58. The molecule has 2 aliphatic rings. The molecule has 0 radical (unpaired) electrons. The first-order valence-electron chi connectivity index (χ1n) is 8.26. The molecule has 3 N–H and O–H groups in total. The lowest BCUT2D eigenvalue weighted by Crippen LogP contribution is -2.31. The number of thiazole rings is 1. The van der Waals surface area contributed by atoms with Crippen LogP contribution in [-0.4, -0.2) is 29.9 Å². The highest BCUT2D eigenvalue weighted by molar-refractivity contribution is 7.22. The number of amides is 2. The van der Waals surface area contributed by atoms with Crippen molar-refractivity contribution in [3.05, 3.63) is 18.2 Å². The lowest BCUT2D eigenvalue weighted by Gasteiger charge is -2.23. The van der Waals surface area contributed by atoms with E-state index in [9.17, 15) is 9.59 Å². The number of hydrogen-bond acceptors (Lipinski definition) is 5. The summed E-state index contributed by atoms with van der Waals surface area (Å²) in [7, 11) is 0. The smallest absolute Gasteiger partial charge is 0.228 e. The Kier molecular flexibility index (Phi) is 3.77. The molecule has 1 aromatic carbocycles. The van der Waals surface area contributed by atoms with Crippen LogP contribution in [0.2, 0.25) is 0 Å². The quantitative estimate of drug-likeness (QED) is 0.799. The molecule has 2 aromatic rings. The van der Waals surface area contributed by atoms with Crippen LogP contribution in [0, 0.1) is 11.3 Å². The van der Waals surface area contributed by atoms with Gasteiger partial charge in [-0.3, -0.25) is 9.59 Å². The number of nitrogens with one attached hydrogen (secondary N) is 3. The molecule has 2 heterocycles. The topological polar surface area (TPSA) is 83.1 Å². The molecule has 7 heteroatoms. The predicted octanol–water partition coefficient (Wildman–Crippen LogP) is 2.58. The van der Waals surface area contributed by atoms with Gasteiger partial charge in [-0.15, -0.1) is 0 Å². The minimum atomic E-state index is -0.136. The second-order valence-electron chi connectivity index (χ2n) is 6.74. The van der Waals surface area contributed by atoms with Gasteiger partial charge in [0.2, 0.25) is 11.8 Å². The summed E-state index contributed by atoms with van der Waals surface area (Å²) in [4.78, 5) is 28.0. The number of carbonyl (C=O) groups is 2. The number of benzene rings is 1. The van der Waals surface area contributed by atoms with Crippen LogP contribution in [0.1, 0.15) is 26.2 Å². The van der Waals surface area contributed by atoms with Gasteiger partial charge in [0.25, 0.3) is 0 Å². The summed E-state index contributed by atoms with van der Waals surface area (Å²) < 4.78 is 0.948. The molecule has 1 spiro atoms. The van der Waals surface area contributed by atoms with Gasteiger partial charge in [0.05, 0.1) is 10.2 Å². The molecule has 126 valence electrons. The zero-order valence-electron chi connectivity index (χ0n) is 13.5. The number of aromatic nitrogens is 1. The molecule has 2 fully saturated rings. The van der Waals surface area contributed by atoms with Gasteiger partial charge in [-0.05, 0) is 56.0 Å². The Morgan fingerprint density at radius 3 is 2.83 bits per heavy atom. The van der Waals surface area contributed by atoms with Crippen LogP contribution in [0.5, 0.6) is 0 Å². The highest BCUT2D eigenvalue weighted by atomic mass is 32.1. The van der Waals surface area contributed by atoms with Crippen molar-refractivity contribution in [2.24, 2.45) is 11.3 Å². The molecule has 1 aromatic heterocycles. The standard InChI is InChI=1S/C17H20N4O2S/c1-10(22)19-16-21-13-3-2-11(8-14(13)24-16)20-15(23)12-9-17(12)4-6-18-7-5-17/h2-3,8,12,18H,4-7,9H2,1H3,(H,20,23)(H,19,21,22). The zero-order valence-corrected chi connectivity index (χ0v) is 14.3. The fraction of sp³-hybridized carbons (Fsp3) is 0.471. The molecule has 1 saturated carbocycles. The molecule has 2 amide bonds. The van der Waals surface area contributed by atoms with E-state index in [-0.39, 0.29) is 23.1 Å². The first-order chi connectivity index (χ1) is 11.6. The number of carbonyl (C=O) groups excluding carboxylic acids is 2. The number of anilines is 2. The predicted molar refractivity (Wildman–Crippen MR) is 95.2 cm³/mol. The molecule has 1 aliphatic heterocycles. The van der Waals surface area contributed by atoms with E-state index in [1.165, 1.54) is 18.3 Å². The second kappa shape index (κ2) is 5.82. The van der Waals surface area contributed by atoms with Gasteiger partial charge >= 0.3 is 0 Å². The van der Waals surface area contributed by atoms with Crippen LogP contribution in [0.15, 0.2) is 18.2 Å². The summed E-state index contributed by atoms with van der Waals surface area (Å²) in [6.07, 6.45) is 3.20. The van der Waals surface area contributed by atoms with Gasteiger partial charge in [-0.25, -0.2) is 4.98 Å². The molecule has 1 atom stereocenters. The van der Waals surface area contributed by atoms with E-state index in [2.05, 4.69) is 20.9 Å². The summed E-state index contributed by atoms with van der Waals surface area (Å²) in [5, 5.41) is 9.69. The van der Waals surface area contributed by atoms with Crippen molar-refractivity contribution >= 4 is 44.2 Å². The van der Waals surface area contributed by atoms with Crippen molar-refractivity contribution in [2.75, 3.05) is 23.7 Å². The Hall–Kier alpha value is -1.99. The van der Waals surface area contributed by atoms with Gasteiger partial charge in [-0.2, -0.15) is 0 Å². The SMILES string of the molecule is CC(=O)Nc1nc2ccc(NC(=O)C3CC34CCNCC4)cc2s1. The Morgan fingerprint density at radius 2 is 2.08 bits per heavy atom. The Morgan fingerprint density at radius 1 is 1.29 bits per heavy atom. The maximum absolute atomic E-state index is 12.5. The van der Waals surface area contributed by atoms with Gasteiger partial charge in [0.1, 0.15) is 0 Å². The van der Waals surface area contributed by atoms with E-state index in [0.717, 1.165) is 48.3 Å². The summed E-state index contributed by atoms with van der Waals surface area (Å²) >= 11 is 1.41. The number of hydrogen-bond donors (Lipinski definition) is 3. The van der Waals surface area contributed by atoms with E-state index in [0.29, 0.717) is 5.13 Å². The fourth-order valence-corrected chi connectivity index (χ4v) is 4.58. The van der Waals surface area contributed by atoms with Gasteiger partial charge in [0.15, 0.2) is 5.13 Å². The van der Waals surface area contributed by atoms with Crippen LogP contribution in [0.4, 0.5) is 10.8 Å². The third kappa shape index (κ3) is 2.89. The molecular formula is C17H20N4O2S. The highest BCUT2D eigenvalue weighted by Gasteiger charge is 2.57. The molecule has 1 saturated heterocycles. The van der Waals surface area contributed by atoms with E-state index in [1.807, 2.05) is 18.2 Å². The summed E-state index contributed by atoms with van der Waals surface area (Å²) in [5.74, 6) is 0.137. The monoisotopic (exact) mass is 344 g/mol. The number of piperidine rings is 1. The van der Waals surface area contributed by atoms with Crippen LogP contribution >= 0.6 is 11.3 Å². The van der Waals surface area contributed by atoms with Crippen molar-refractivity contribution in [3.63, 3.8) is 0 Å². The van der Waals surface area contributed by atoms with E-state index < -0.39 is 0 Å². The second-order valence-corrected chi connectivity index (χ2v) is 7.77. The van der Waals surface area contributed by atoms with E-state index in [4.69, 9.17) is 0 Å². The maximum atomic E-state index is 12.5. The summed E-state index contributed by atoms with van der Waals surface area (Å²) in [6.45, 7) is 3.50. The summed E-state index contributed by atoms with van der Waals surface area (Å²) in [5.41, 5.74) is 1.85. The van der Waals surface area contributed by atoms with Gasteiger partial charge in [0, 0.05) is 18.5 Å². The largest absolute Gasteiger partial charge is 0.326 e. The van der Waals surface area contributed by atoms with Crippen LogP contribution < -0.4 is 16.0 Å². The lowest BCUT2D eigenvalue weighted by molar-refractivity contribution is -0.118. The Balaban J connectivity index is 1.46. The van der Waals surface area contributed by atoms with Crippen LogP contribution in [0.3, 0.4) is 0 Å². The number of rotatable bonds is 3. The average Bonchev–Trinajstić information content (AvgIpc) is 3.08. The molecular weight excluding hydrogens is 324 g/mol. The van der Waals surface area contributed by atoms with Crippen LogP contribution in [-0.2, 0) is 9.59 Å². The van der Waals surface area contributed by atoms with Gasteiger partial charge in [-0.1, -0.05) is 11.3 Å². The third-order valence-electron chi connectivity index (χ3n) is 5.04. The zero-order chi connectivity index (χ0) is 16.7. The lowest BCUT2D eigenvalue weighted by atomic mass is 9.92. The molecule has 1 aliphatic carbocycles. The number of fused-ring (bicyclic) bond motifs is 1. The van der Waals surface area contributed by atoms with Crippen molar-refractivity contribution in [3.8, 4) is 0 Å². The summed E-state index contributed by atoms with van der Waals surface area (Å²) in [6, 6.07) is 5.67. The number of nitrogens with zero attached hydrogens (tertiary/aromatic N) is 1. The van der Waals surface area contributed by atoms with Crippen molar-refractivity contribution in [2.45, 2.75) is 26.2 Å². The minimum Gasteiger partial charge on any atom is -0.326 e. The molecule has 24 heavy (non-hydrogen) atoms. The van der Waals surface area contributed by atoms with Crippen molar-refractivity contribution in [1.82, 2.24) is 10.3 Å². The Labute approximate surface area is 144 Å². The van der Waals surface area contributed by atoms with Crippen molar-refractivity contribution < 1.29 is 9.59 Å². The maximum Gasteiger partial charge on any atom is 0.228 e. The van der Waals surface area contributed by atoms with E-state index in [1.54, 1.807) is 0 Å². The average molecular weight is 344 g/mol. The molecule has 4 rings (SSSR count). The fourth-order valence-electron chi connectivity index (χ4n) is 3.63.